The first kappa shape index (κ1) is 27.4. The van der Waals surface area contributed by atoms with E-state index < -0.39 is 5.60 Å². The summed E-state index contributed by atoms with van der Waals surface area (Å²) in [4.78, 5) is 18.6. The van der Waals surface area contributed by atoms with Crippen LogP contribution in [0, 0.1) is 0 Å². The van der Waals surface area contributed by atoms with Crippen molar-refractivity contribution in [2.24, 2.45) is 0 Å². The lowest BCUT2D eigenvalue weighted by molar-refractivity contribution is 0.0263. The second kappa shape index (κ2) is 13.2. The lowest BCUT2D eigenvalue weighted by Crippen LogP contribution is -2.39. The van der Waals surface area contributed by atoms with Crippen molar-refractivity contribution >= 4 is 40.7 Å². The zero-order valence-electron chi connectivity index (χ0n) is 21.1. The summed E-state index contributed by atoms with van der Waals surface area (Å²) < 4.78 is 5.44. The zero-order valence-corrected chi connectivity index (χ0v) is 22.6. The molecule has 0 bridgehead atoms. The molecule has 2 aromatic carbocycles. The fourth-order valence-electron chi connectivity index (χ4n) is 4.13. The van der Waals surface area contributed by atoms with E-state index in [9.17, 15) is 4.79 Å². The van der Waals surface area contributed by atoms with Crippen molar-refractivity contribution < 1.29 is 9.53 Å². The highest BCUT2D eigenvalue weighted by Crippen LogP contribution is 2.22. The number of ether oxygens (including phenoxy) is 1. The number of hydrogen-bond acceptors (Lipinski definition) is 5. The standard InChI is InChI=1S/C16H23ClN2O2.C11H15ClN2/c1-16(2,3)21-15(20)19-9-5-8-18(10-11-19)14-7-4-6-13(17)12-14;12-10-3-1-4-11(9-10)14-7-2-5-13-6-8-14/h4,6-7,12H,5,8-11H2,1-3H3;1,3-4,9,13H,2,5-8H2. The molecule has 0 saturated carbocycles. The van der Waals surface area contributed by atoms with Crippen LogP contribution >= 0.6 is 23.2 Å². The van der Waals surface area contributed by atoms with E-state index in [1.54, 1.807) is 4.90 Å². The Morgan fingerprint density at radius 1 is 0.800 bits per heavy atom. The first-order valence-corrected chi connectivity index (χ1v) is 13.2. The van der Waals surface area contributed by atoms with Gasteiger partial charge in [-0.05, 0) is 76.6 Å². The summed E-state index contributed by atoms with van der Waals surface area (Å²) in [6, 6.07) is 15.9. The van der Waals surface area contributed by atoms with E-state index in [-0.39, 0.29) is 6.09 Å². The number of hydrogen-bond donors (Lipinski definition) is 1. The Morgan fingerprint density at radius 3 is 2.00 bits per heavy atom. The number of halogens is 2. The molecule has 2 aliphatic rings. The maximum Gasteiger partial charge on any atom is 0.410 e. The van der Waals surface area contributed by atoms with Crippen LogP contribution in [0.5, 0.6) is 0 Å². The molecule has 2 heterocycles. The molecule has 0 spiro atoms. The average molecular weight is 522 g/mol. The Bertz CT molecular complexity index is 943. The fourth-order valence-corrected chi connectivity index (χ4v) is 4.50. The van der Waals surface area contributed by atoms with Gasteiger partial charge in [-0.25, -0.2) is 4.79 Å². The Hall–Kier alpha value is -2.15. The van der Waals surface area contributed by atoms with Gasteiger partial charge in [-0.2, -0.15) is 0 Å². The quantitative estimate of drug-likeness (QED) is 0.531. The van der Waals surface area contributed by atoms with Crippen LogP contribution in [0.15, 0.2) is 48.5 Å². The van der Waals surface area contributed by atoms with Crippen LogP contribution in [0.3, 0.4) is 0 Å². The third-order valence-corrected chi connectivity index (χ3v) is 6.30. The molecular formula is C27H38Cl2N4O2. The molecule has 35 heavy (non-hydrogen) atoms. The Balaban J connectivity index is 0.000000211. The molecule has 0 aliphatic carbocycles. The minimum absolute atomic E-state index is 0.226. The minimum atomic E-state index is -0.448. The van der Waals surface area contributed by atoms with E-state index in [4.69, 9.17) is 27.9 Å². The number of amides is 1. The number of carbonyl (C=O) groups is 1. The first-order valence-electron chi connectivity index (χ1n) is 12.4. The zero-order chi connectivity index (χ0) is 25.3. The van der Waals surface area contributed by atoms with Crippen LogP contribution in [-0.2, 0) is 4.74 Å². The number of rotatable bonds is 2. The van der Waals surface area contributed by atoms with Crippen molar-refractivity contribution in [1.29, 1.82) is 0 Å². The van der Waals surface area contributed by atoms with Gasteiger partial charge < -0.3 is 24.8 Å². The van der Waals surface area contributed by atoms with E-state index in [0.717, 1.165) is 68.0 Å². The molecule has 1 N–H and O–H groups in total. The summed E-state index contributed by atoms with van der Waals surface area (Å²) in [7, 11) is 0. The van der Waals surface area contributed by atoms with Crippen LogP contribution in [0.25, 0.3) is 0 Å². The third kappa shape index (κ3) is 9.43. The van der Waals surface area contributed by atoms with E-state index in [1.165, 1.54) is 12.1 Å². The SMILES string of the molecule is CC(C)(C)OC(=O)N1CCCN(c2cccc(Cl)c2)CC1.Clc1cccc(N2CCCNCC2)c1. The average Bonchev–Trinajstić information content (AvgIpc) is 3.22. The van der Waals surface area contributed by atoms with Crippen molar-refractivity contribution in [2.45, 2.75) is 39.2 Å². The second-order valence-corrected chi connectivity index (χ2v) is 10.7. The first-order chi connectivity index (χ1) is 16.7. The summed E-state index contributed by atoms with van der Waals surface area (Å²) in [6.45, 7) is 13.1. The number of nitrogens with one attached hydrogen (secondary N) is 1. The van der Waals surface area contributed by atoms with Crippen LogP contribution in [-0.4, -0.2) is 69.0 Å². The summed E-state index contributed by atoms with van der Waals surface area (Å²) >= 11 is 12.0. The molecule has 0 radical (unpaired) electrons. The second-order valence-electron chi connectivity index (χ2n) is 9.86. The predicted molar refractivity (Wildman–Crippen MR) is 147 cm³/mol. The minimum Gasteiger partial charge on any atom is -0.444 e. The summed E-state index contributed by atoms with van der Waals surface area (Å²) in [6.07, 6.45) is 1.90. The lowest BCUT2D eigenvalue weighted by atomic mass is 10.2. The van der Waals surface area contributed by atoms with E-state index in [0.29, 0.717) is 6.54 Å². The van der Waals surface area contributed by atoms with Gasteiger partial charge in [0.15, 0.2) is 0 Å². The maximum atomic E-state index is 12.1. The molecule has 0 unspecified atom stereocenters. The Morgan fingerprint density at radius 2 is 1.40 bits per heavy atom. The van der Waals surface area contributed by atoms with Crippen molar-refractivity contribution in [3.63, 3.8) is 0 Å². The van der Waals surface area contributed by atoms with Crippen molar-refractivity contribution in [2.75, 3.05) is 62.2 Å². The molecule has 6 nitrogen and oxygen atoms in total. The molecule has 2 aromatic rings. The summed E-state index contributed by atoms with van der Waals surface area (Å²) in [5.41, 5.74) is 1.89. The third-order valence-electron chi connectivity index (χ3n) is 5.83. The van der Waals surface area contributed by atoms with E-state index >= 15 is 0 Å². The Labute approximate surface area is 220 Å². The molecule has 0 aromatic heterocycles. The molecule has 2 fully saturated rings. The van der Waals surface area contributed by atoms with Gasteiger partial charge in [0, 0.05) is 67.2 Å². The molecule has 0 atom stereocenters. The van der Waals surface area contributed by atoms with Gasteiger partial charge in [0.1, 0.15) is 5.60 Å². The van der Waals surface area contributed by atoms with Crippen LogP contribution in [0.1, 0.15) is 33.6 Å². The number of nitrogens with zero attached hydrogens (tertiary/aromatic N) is 3. The lowest BCUT2D eigenvalue weighted by Gasteiger charge is -2.27. The highest BCUT2D eigenvalue weighted by atomic mass is 35.5. The largest absolute Gasteiger partial charge is 0.444 e. The van der Waals surface area contributed by atoms with Gasteiger partial charge >= 0.3 is 6.09 Å². The van der Waals surface area contributed by atoms with Gasteiger partial charge in [-0.3, -0.25) is 0 Å². The molecule has 2 aliphatic heterocycles. The number of anilines is 2. The molecule has 1 amide bonds. The van der Waals surface area contributed by atoms with Gasteiger partial charge in [0.2, 0.25) is 0 Å². The van der Waals surface area contributed by atoms with Crippen molar-refractivity contribution in [1.82, 2.24) is 10.2 Å². The monoisotopic (exact) mass is 520 g/mol. The van der Waals surface area contributed by atoms with Crippen molar-refractivity contribution in [3.8, 4) is 0 Å². The van der Waals surface area contributed by atoms with Gasteiger partial charge in [0.05, 0.1) is 0 Å². The van der Waals surface area contributed by atoms with E-state index in [1.807, 2.05) is 57.2 Å². The summed E-state index contributed by atoms with van der Waals surface area (Å²) in [5.74, 6) is 0. The number of carbonyl (C=O) groups excluding carboxylic acids is 1. The molecule has 2 saturated heterocycles. The van der Waals surface area contributed by atoms with Crippen LogP contribution in [0.2, 0.25) is 10.0 Å². The number of benzene rings is 2. The molecule has 192 valence electrons. The predicted octanol–water partition coefficient (Wildman–Crippen LogP) is 5.93. The maximum absolute atomic E-state index is 12.1. The smallest absolute Gasteiger partial charge is 0.410 e. The molecule has 8 heteroatoms. The summed E-state index contributed by atoms with van der Waals surface area (Å²) in [5, 5.41) is 4.94. The highest BCUT2D eigenvalue weighted by Gasteiger charge is 2.24. The van der Waals surface area contributed by atoms with Crippen LogP contribution < -0.4 is 15.1 Å². The highest BCUT2D eigenvalue weighted by molar-refractivity contribution is 6.31. The Kier molecular flexibility index (Phi) is 10.4. The van der Waals surface area contributed by atoms with Gasteiger partial charge in [0.25, 0.3) is 0 Å². The van der Waals surface area contributed by atoms with Gasteiger partial charge in [-0.15, -0.1) is 0 Å². The molecule has 4 rings (SSSR count). The molecular weight excluding hydrogens is 483 g/mol. The topological polar surface area (TPSA) is 48.1 Å². The van der Waals surface area contributed by atoms with Crippen LogP contribution in [0.4, 0.5) is 16.2 Å². The normalized spacial score (nSPS) is 17.1. The van der Waals surface area contributed by atoms with Crippen molar-refractivity contribution in [3.05, 3.63) is 58.6 Å². The van der Waals surface area contributed by atoms with E-state index in [2.05, 4.69) is 27.2 Å². The fraction of sp³-hybridized carbons (Fsp3) is 0.519. The van der Waals surface area contributed by atoms with Gasteiger partial charge in [-0.1, -0.05) is 35.3 Å².